The van der Waals surface area contributed by atoms with Gasteiger partial charge in [-0.1, -0.05) is 12.1 Å². The monoisotopic (exact) mass is 261 g/mol. The van der Waals surface area contributed by atoms with Crippen molar-refractivity contribution in [2.24, 2.45) is 0 Å². The zero-order valence-corrected chi connectivity index (χ0v) is 9.16. The van der Waals surface area contributed by atoms with E-state index in [1.165, 1.54) is 18.2 Å². The molecule has 1 amide bonds. The van der Waals surface area contributed by atoms with Crippen LogP contribution in [-0.4, -0.2) is 25.3 Å². The van der Waals surface area contributed by atoms with Crippen molar-refractivity contribution in [1.82, 2.24) is 5.32 Å². The molecule has 0 aliphatic carbocycles. The third-order valence-electron chi connectivity index (χ3n) is 2.36. The number of carbonyl (C=O) groups is 1. The molecule has 2 rings (SSSR count). The van der Waals surface area contributed by atoms with Crippen LogP contribution in [-0.2, 0) is 10.9 Å². The number of ether oxygens (including phenoxy) is 2. The number of benzene rings is 1. The first kappa shape index (κ1) is 12.5. The molecule has 1 N–H and O–H groups in total. The van der Waals surface area contributed by atoms with E-state index < -0.39 is 23.9 Å². The van der Waals surface area contributed by atoms with Gasteiger partial charge in [0.15, 0.2) is 6.10 Å². The first-order chi connectivity index (χ1) is 8.47. The number of hydrogen-bond donors (Lipinski definition) is 1. The fourth-order valence-electron chi connectivity index (χ4n) is 1.53. The molecule has 0 radical (unpaired) electrons. The quantitative estimate of drug-likeness (QED) is 0.907. The Morgan fingerprint density at radius 2 is 2.11 bits per heavy atom. The number of hydrogen-bond acceptors (Lipinski definition) is 3. The number of nitrogens with one attached hydrogen (secondary N) is 1. The van der Waals surface area contributed by atoms with Crippen molar-refractivity contribution in [2.45, 2.75) is 12.3 Å². The van der Waals surface area contributed by atoms with Crippen molar-refractivity contribution >= 4 is 6.09 Å². The van der Waals surface area contributed by atoms with Crippen LogP contribution in [0, 0.1) is 0 Å². The summed E-state index contributed by atoms with van der Waals surface area (Å²) in [7, 11) is 0. The predicted octanol–water partition coefficient (Wildman–Crippen LogP) is 2.19. The molecular weight excluding hydrogens is 251 g/mol. The molecule has 1 saturated heterocycles. The van der Waals surface area contributed by atoms with Crippen molar-refractivity contribution in [3.05, 3.63) is 29.8 Å². The Labute approximate surface area is 101 Å². The Hall–Kier alpha value is -1.92. The summed E-state index contributed by atoms with van der Waals surface area (Å²) in [6.45, 7) is 0.110. The normalized spacial score (nSPS) is 19.3. The van der Waals surface area contributed by atoms with E-state index in [-0.39, 0.29) is 18.9 Å². The van der Waals surface area contributed by atoms with Crippen LogP contribution in [0.4, 0.5) is 18.0 Å². The molecule has 1 atom stereocenters. The van der Waals surface area contributed by atoms with Gasteiger partial charge in [0, 0.05) is 0 Å². The van der Waals surface area contributed by atoms with Crippen LogP contribution in [0.2, 0.25) is 0 Å². The highest BCUT2D eigenvalue weighted by Gasteiger charge is 2.34. The number of amides is 1. The average Bonchev–Trinajstić information content (AvgIpc) is 2.72. The van der Waals surface area contributed by atoms with E-state index in [1.54, 1.807) is 0 Å². The van der Waals surface area contributed by atoms with Gasteiger partial charge in [-0.3, -0.25) is 0 Å². The van der Waals surface area contributed by atoms with Gasteiger partial charge in [0.25, 0.3) is 0 Å². The second-order valence-electron chi connectivity index (χ2n) is 3.71. The van der Waals surface area contributed by atoms with Crippen LogP contribution in [0.15, 0.2) is 24.3 Å². The lowest BCUT2D eigenvalue weighted by Crippen LogP contribution is -2.22. The van der Waals surface area contributed by atoms with E-state index >= 15 is 0 Å². The van der Waals surface area contributed by atoms with Gasteiger partial charge in [-0.05, 0) is 12.1 Å². The van der Waals surface area contributed by atoms with E-state index in [0.717, 1.165) is 6.07 Å². The van der Waals surface area contributed by atoms with Crippen molar-refractivity contribution in [3.8, 4) is 5.75 Å². The number of alkyl carbamates (subject to hydrolysis) is 1. The smallest absolute Gasteiger partial charge is 0.419 e. The van der Waals surface area contributed by atoms with Gasteiger partial charge in [0.1, 0.15) is 12.4 Å². The molecule has 0 saturated carbocycles. The third-order valence-corrected chi connectivity index (χ3v) is 2.36. The minimum Gasteiger partial charge on any atom is -0.489 e. The average molecular weight is 261 g/mol. The van der Waals surface area contributed by atoms with Gasteiger partial charge >= 0.3 is 12.3 Å². The van der Waals surface area contributed by atoms with Crippen LogP contribution in [0.3, 0.4) is 0 Å². The molecule has 1 heterocycles. The van der Waals surface area contributed by atoms with Gasteiger partial charge in [-0.15, -0.1) is 0 Å². The maximum absolute atomic E-state index is 12.6. The maximum atomic E-state index is 12.6. The lowest BCUT2D eigenvalue weighted by atomic mass is 10.2. The minimum absolute atomic E-state index is 0.119. The zero-order chi connectivity index (χ0) is 13.2. The molecule has 0 spiro atoms. The molecule has 1 aliphatic rings. The molecular formula is C11H10F3NO3. The highest BCUT2D eigenvalue weighted by molar-refractivity contribution is 5.69. The zero-order valence-electron chi connectivity index (χ0n) is 9.16. The third kappa shape index (κ3) is 2.85. The van der Waals surface area contributed by atoms with E-state index in [0.29, 0.717) is 0 Å². The van der Waals surface area contributed by atoms with E-state index in [1.807, 2.05) is 0 Å². The number of alkyl halides is 3. The Morgan fingerprint density at radius 1 is 1.39 bits per heavy atom. The lowest BCUT2D eigenvalue weighted by Gasteiger charge is -2.15. The molecule has 1 aromatic rings. The van der Waals surface area contributed by atoms with Crippen molar-refractivity contribution in [2.75, 3.05) is 13.2 Å². The van der Waals surface area contributed by atoms with E-state index in [9.17, 15) is 18.0 Å². The summed E-state index contributed by atoms with van der Waals surface area (Å²) in [6, 6.07) is 4.90. The van der Waals surface area contributed by atoms with Gasteiger partial charge in [-0.2, -0.15) is 13.2 Å². The molecule has 18 heavy (non-hydrogen) atoms. The summed E-state index contributed by atoms with van der Waals surface area (Å²) >= 11 is 0. The number of cyclic esters (lactones) is 1. The summed E-state index contributed by atoms with van der Waals surface area (Å²) < 4.78 is 47.7. The van der Waals surface area contributed by atoms with Crippen LogP contribution >= 0.6 is 0 Å². The van der Waals surface area contributed by atoms with Gasteiger partial charge in [-0.25, -0.2) is 4.79 Å². The summed E-state index contributed by atoms with van der Waals surface area (Å²) in [5.41, 5.74) is -0.845. The van der Waals surface area contributed by atoms with Crippen LogP contribution in [0.25, 0.3) is 0 Å². The Bertz CT molecular complexity index is 447. The van der Waals surface area contributed by atoms with Crippen molar-refractivity contribution < 1.29 is 27.4 Å². The lowest BCUT2D eigenvalue weighted by molar-refractivity contribution is -0.139. The largest absolute Gasteiger partial charge is 0.489 e. The summed E-state index contributed by atoms with van der Waals surface area (Å²) in [6.07, 6.45) is -5.63. The predicted molar refractivity (Wildman–Crippen MR) is 55.2 cm³/mol. The summed E-state index contributed by atoms with van der Waals surface area (Å²) in [5.74, 6) is -0.270. The fourth-order valence-corrected chi connectivity index (χ4v) is 1.53. The number of halogens is 3. The number of carbonyl (C=O) groups excluding carboxylic acids is 1. The van der Waals surface area contributed by atoms with Gasteiger partial charge in [0.05, 0.1) is 12.1 Å². The van der Waals surface area contributed by atoms with Gasteiger partial charge in [0.2, 0.25) is 0 Å². The second kappa shape index (κ2) is 4.75. The molecule has 1 fully saturated rings. The summed E-state index contributed by atoms with van der Waals surface area (Å²) in [4.78, 5) is 10.7. The van der Waals surface area contributed by atoms with Gasteiger partial charge < -0.3 is 14.8 Å². The Morgan fingerprint density at radius 3 is 2.72 bits per heavy atom. The van der Waals surface area contributed by atoms with Crippen LogP contribution in [0.1, 0.15) is 5.56 Å². The number of para-hydroxylation sites is 1. The van der Waals surface area contributed by atoms with Crippen LogP contribution < -0.4 is 10.1 Å². The second-order valence-corrected chi connectivity index (χ2v) is 3.71. The molecule has 1 aliphatic heterocycles. The van der Waals surface area contributed by atoms with E-state index in [2.05, 4.69) is 5.32 Å². The Balaban J connectivity index is 2.03. The maximum Gasteiger partial charge on any atom is 0.419 e. The van der Waals surface area contributed by atoms with Crippen LogP contribution in [0.5, 0.6) is 5.75 Å². The summed E-state index contributed by atoms with van der Waals surface area (Å²) in [5, 5.41) is 2.39. The molecule has 0 bridgehead atoms. The molecule has 0 aromatic heterocycles. The SMILES string of the molecule is O=C1NCC(COc2ccccc2C(F)(F)F)O1. The molecule has 1 unspecified atom stereocenters. The highest BCUT2D eigenvalue weighted by Crippen LogP contribution is 2.35. The molecule has 4 nitrogen and oxygen atoms in total. The fraction of sp³-hybridized carbons (Fsp3) is 0.364. The molecule has 7 heteroatoms. The first-order valence-corrected chi connectivity index (χ1v) is 5.20. The molecule has 1 aromatic carbocycles. The van der Waals surface area contributed by atoms with E-state index in [4.69, 9.17) is 9.47 Å². The minimum atomic E-state index is -4.47. The van der Waals surface area contributed by atoms with Crippen molar-refractivity contribution in [3.63, 3.8) is 0 Å². The highest BCUT2D eigenvalue weighted by atomic mass is 19.4. The molecule has 98 valence electrons. The number of rotatable bonds is 3. The van der Waals surface area contributed by atoms with Crippen molar-refractivity contribution in [1.29, 1.82) is 0 Å². The standard InChI is InChI=1S/C11H10F3NO3/c12-11(13,14)8-3-1-2-4-9(8)17-6-7-5-15-10(16)18-7/h1-4,7H,5-6H2,(H,15,16). The Kier molecular flexibility index (Phi) is 3.31. The topological polar surface area (TPSA) is 47.6 Å². The first-order valence-electron chi connectivity index (χ1n) is 5.20.